The smallest absolute Gasteiger partial charge is 0.146 e. The van der Waals surface area contributed by atoms with E-state index < -0.39 is 0 Å². The Balaban J connectivity index is 0.00000108. The fourth-order valence-corrected chi connectivity index (χ4v) is 2.01. The highest BCUT2D eigenvalue weighted by Crippen LogP contribution is 2.33. The molecule has 3 heteroatoms. The summed E-state index contributed by atoms with van der Waals surface area (Å²) in [6.07, 6.45) is 0. The third-order valence-corrected chi connectivity index (χ3v) is 2.89. The molecule has 3 N–H and O–H groups in total. The summed E-state index contributed by atoms with van der Waals surface area (Å²) in [5.74, 6) is 0.170. The summed E-state index contributed by atoms with van der Waals surface area (Å²) in [7, 11) is 0. The zero-order chi connectivity index (χ0) is 11.1. The van der Waals surface area contributed by atoms with Gasteiger partial charge in [-0.3, -0.25) is 0 Å². The van der Waals surface area contributed by atoms with Crippen LogP contribution >= 0.6 is 12.4 Å². The van der Waals surface area contributed by atoms with E-state index in [9.17, 15) is 5.11 Å². The normalized spacial score (nSPS) is 10.4. The van der Waals surface area contributed by atoms with E-state index in [1.165, 1.54) is 5.39 Å². The first-order valence-electron chi connectivity index (χ1n) is 5.16. The quantitative estimate of drug-likeness (QED) is 0.360. The number of nitrogens with two attached hydrogens (primary N) is 1. The SMILES string of the molecule is Cl.Nc1ccc2cc3ccccc3cc2c1O. The zero-order valence-electron chi connectivity index (χ0n) is 9.05. The third-order valence-electron chi connectivity index (χ3n) is 2.89. The number of hydrogen-bond acceptors (Lipinski definition) is 2. The second-order valence-electron chi connectivity index (χ2n) is 3.92. The van der Waals surface area contributed by atoms with E-state index in [2.05, 4.69) is 12.1 Å². The van der Waals surface area contributed by atoms with Crippen LogP contribution in [0.15, 0.2) is 48.5 Å². The summed E-state index contributed by atoms with van der Waals surface area (Å²) < 4.78 is 0. The highest BCUT2D eigenvalue weighted by atomic mass is 35.5. The van der Waals surface area contributed by atoms with Gasteiger partial charge in [0.2, 0.25) is 0 Å². The topological polar surface area (TPSA) is 46.2 Å². The van der Waals surface area contributed by atoms with E-state index in [-0.39, 0.29) is 18.2 Å². The van der Waals surface area contributed by atoms with Crippen molar-refractivity contribution in [3.8, 4) is 5.75 Å². The zero-order valence-corrected chi connectivity index (χ0v) is 9.87. The van der Waals surface area contributed by atoms with Crippen molar-refractivity contribution < 1.29 is 5.11 Å². The molecule has 0 bridgehead atoms. The molecule has 2 nitrogen and oxygen atoms in total. The lowest BCUT2D eigenvalue weighted by molar-refractivity contribution is 0.484. The van der Waals surface area contributed by atoms with Crippen LogP contribution in [0.25, 0.3) is 21.5 Å². The van der Waals surface area contributed by atoms with Crippen LogP contribution in [0.5, 0.6) is 5.75 Å². The van der Waals surface area contributed by atoms with E-state index in [0.29, 0.717) is 5.69 Å². The first kappa shape index (κ1) is 11.6. The number of halogens is 1. The molecule has 0 radical (unpaired) electrons. The van der Waals surface area contributed by atoms with Gasteiger partial charge in [0.15, 0.2) is 0 Å². The molecule has 0 spiro atoms. The summed E-state index contributed by atoms with van der Waals surface area (Å²) in [4.78, 5) is 0. The molecule has 0 atom stereocenters. The molecular formula is C14H12ClNO. The van der Waals surface area contributed by atoms with Crippen molar-refractivity contribution >= 4 is 39.6 Å². The Morgan fingerprint density at radius 3 is 2.18 bits per heavy atom. The third kappa shape index (κ3) is 1.77. The van der Waals surface area contributed by atoms with E-state index in [4.69, 9.17) is 5.73 Å². The van der Waals surface area contributed by atoms with E-state index in [0.717, 1.165) is 16.2 Å². The lowest BCUT2D eigenvalue weighted by Gasteiger charge is -2.06. The summed E-state index contributed by atoms with van der Waals surface area (Å²) in [6, 6.07) is 15.8. The molecule has 0 saturated heterocycles. The molecule has 0 saturated carbocycles. The minimum atomic E-state index is 0. The number of fused-ring (bicyclic) bond motifs is 2. The Morgan fingerprint density at radius 2 is 1.47 bits per heavy atom. The number of phenols is 1. The van der Waals surface area contributed by atoms with Crippen LogP contribution < -0.4 is 5.73 Å². The van der Waals surface area contributed by atoms with Crippen LogP contribution in [0.1, 0.15) is 0 Å². The summed E-state index contributed by atoms with van der Waals surface area (Å²) in [6.45, 7) is 0. The first-order valence-corrected chi connectivity index (χ1v) is 5.16. The van der Waals surface area contributed by atoms with E-state index in [1.807, 2.05) is 30.3 Å². The highest BCUT2D eigenvalue weighted by Gasteiger charge is 2.04. The van der Waals surface area contributed by atoms with Crippen molar-refractivity contribution in [3.63, 3.8) is 0 Å². The van der Waals surface area contributed by atoms with Crippen molar-refractivity contribution in [2.75, 3.05) is 5.73 Å². The minimum Gasteiger partial charge on any atom is -0.505 e. The fraction of sp³-hybridized carbons (Fsp3) is 0. The summed E-state index contributed by atoms with van der Waals surface area (Å²) >= 11 is 0. The molecule has 3 aromatic rings. The number of nitrogen functional groups attached to an aromatic ring is 1. The first-order chi connectivity index (χ1) is 7.75. The Hall–Kier alpha value is -1.93. The van der Waals surface area contributed by atoms with Crippen molar-refractivity contribution in [2.24, 2.45) is 0 Å². The molecule has 0 aliphatic rings. The van der Waals surface area contributed by atoms with Crippen LogP contribution in [0.3, 0.4) is 0 Å². The van der Waals surface area contributed by atoms with E-state index >= 15 is 0 Å². The highest BCUT2D eigenvalue weighted by molar-refractivity contribution is 6.02. The molecule has 0 heterocycles. The fourth-order valence-electron chi connectivity index (χ4n) is 2.01. The molecular weight excluding hydrogens is 234 g/mol. The molecule has 0 aromatic heterocycles. The van der Waals surface area contributed by atoms with Crippen LogP contribution in [-0.2, 0) is 0 Å². The second-order valence-corrected chi connectivity index (χ2v) is 3.92. The Kier molecular flexibility index (Phi) is 2.82. The van der Waals surface area contributed by atoms with Crippen molar-refractivity contribution in [1.29, 1.82) is 0 Å². The maximum Gasteiger partial charge on any atom is 0.146 e. The van der Waals surface area contributed by atoms with Crippen LogP contribution in [0.2, 0.25) is 0 Å². The molecule has 3 aromatic carbocycles. The number of phenolic OH excluding ortho intramolecular Hbond substituents is 1. The van der Waals surface area contributed by atoms with Gasteiger partial charge in [0.05, 0.1) is 5.69 Å². The largest absolute Gasteiger partial charge is 0.505 e. The van der Waals surface area contributed by atoms with Gasteiger partial charge < -0.3 is 10.8 Å². The Bertz CT molecular complexity index is 694. The molecule has 0 amide bonds. The van der Waals surface area contributed by atoms with Crippen LogP contribution in [0.4, 0.5) is 5.69 Å². The number of rotatable bonds is 0. The maximum absolute atomic E-state index is 9.89. The van der Waals surface area contributed by atoms with Gasteiger partial charge in [0.25, 0.3) is 0 Å². The molecule has 17 heavy (non-hydrogen) atoms. The molecule has 86 valence electrons. The van der Waals surface area contributed by atoms with Gasteiger partial charge in [-0.15, -0.1) is 12.4 Å². The maximum atomic E-state index is 9.89. The second kappa shape index (κ2) is 4.15. The van der Waals surface area contributed by atoms with Gasteiger partial charge in [-0.25, -0.2) is 0 Å². The van der Waals surface area contributed by atoms with Gasteiger partial charge in [-0.1, -0.05) is 30.3 Å². The molecule has 0 aliphatic carbocycles. The Morgan fingerprint density at radius 1 is 0.824 bits per heavy atom. The number of aromatic hydroxyl groups is 1. The van der Waals surface area contributed by atoms with E-state index in [1.54, 1.807) is 6.07 Å². The van der Waals surface area contributed by atoms with Crippen molar-refractivity contribution in [3.05, 3.63) is 48.5 Å². The van der Waals surface area contributed by atoms with Gasteiger partial charge >= 0.3 is 0 Å². The number of benzene rings is 3. The summed E-state index contributed by atoms with van der Waals surface area (Å²) in [5.41, 5.74) is 6.10. The predicted molar refractivity (Wildman–Crippen MR) is 74.8 cm³/mol. The molecule has 3 rings (SSSR count). The van der Waals surface area contributed by atoms with Gasteiger partial charge in [0.1, 0.15) is 5.75 Å². The number of anilines is 1. The van der Waals surface area contributed by atoms with Crippen molar-refractivity contribution in [1.82, 2.24) is 0 Å². The standard InChI is InChI=1S/C14H11NO.ClH/c15-13-6-5-11-7-9-3-1-2-4-10(9)8-12(11)14(13)16;/h1-8,16H,15H2;1H. The number of hydrogen-bond donors (Lipinski definition) is 2. The Labute approximate surface area is 105 Å². The van der Waals surface area contributed by atoms with Gasteiger partial charge in [0, 0.05) is 5.39 Å². The lowest BCUT2D eigenvalue weighted by Crippen LogP contribution is -1.86. The lowest BCUT2D eigenvalue weighted by atomic mass is 10.0. The average Bonchev–Trinajstić information content (AvgIpc) is 2.32. The summed E-state index contributed by atoms with van der Waals surface area (Å²) in [5, 5.41) is 14.0. The van der Waals surface area contributed by atoms with Gasteiger partial charge in [-0.05, 0) is 34.4 Å². The molecule has 0 aliphatic heterocycles. The van der Waals surface area contributed by atoms with Crippen molar-refractivity contribution in [2.45, 2.75) is 0 Å². The van der Waals surface area contributed by atoms with Crippen LogP contribution in [0, 0.1) is 0 Å². The average molecular weight is 246 g/mol. The minimum absolute atomic E-state index is 0. The predicted octanol–water partition coefficient (Wildman–Crippen LogP) is 3.70. The molecule has 0 fully saturated rings. The van der Waals surface area contributed by atoms with Gasteiger partial charge in [-0.2, -0.15) is 0 Å². The monoisotopic (exact) mass is 245 g/mol. The van der Waals surface area contributed by atoms with Crippen LogP contribution in [-0.4, -0.2) is 5.11 Å². The molecule has 0 unspecified atom stereocenters.